The molecule has 2 aromatic carbocycles. The van der Waals surface area contributed by atoms with E-state index in [0.717, 1.165) is 12.1 Å². The van der Waals surface area contributed by atoms with Crippen LogP contribution in [0.3, 0.4) is 0 Å². The van der Waals surface area contributed by atoms with E-state index in [1.807, 2.05) is 0 Å². The van der Waals surface area contributed by atoms with Gasteiger partial charge in [-0.2, -0.15) is 13.2 Å². The van der Waals surface area contributed by atoms with Crippen molar-refractivity contribution >= 4 is 34.6 Å². The van der Waals surface area contributed by atoms with E-state index in [4.69, 9.17) is 11.6 Å². The number of nitro groups is 1. The Bertz CT molecular complexity index is 928. The van der Waals surface area contributed by atoms with Crippen LogP contribution >= 0.6 is 11.6 Å². The Balaban J connectivity index is 1.70. The largest absolute Gasteiger partial charge is 0.416 e. The Hall–Kier alpha value is -2.81. The van der Waals surface area contributed by atoms with E-state index in [1.54, 1.807) is 29.2 Å². The molecule has 2 aromatic rings. The summed E-state index contributed by atoms with van der Waals surface area (Å²) in [5.74, 6) is -0.532. The molecule has 1 saturated heterocycles. The highest BCUT2D eigenvalue weighted by molar-refractivity contribution is 6.33. The molecule has 3 rings (SSSR count). The van der Waals surface area contributed by atoms with Gasteiger partial charge in [0.05, 0.1) is 21.2 Å². The van der Waals surface area contributed by atoms with Crippen LogP contribution in [0.2, 0.25) is 5.02 Å². The number of piperidine rings is 1. The molecule has 0 bridgehead atoms. The van der Waals surface area contributed by atoms with E-state index in [-0.39, 0.29) is 17.5 Å². The predicted molar refractivity (Wildman–Crippen MR) is 103 cm³/mol. The van der Waals surface area contributed by atoms with Crippen LogP contribution in [0.15, 0.2) is 42.5 Å². The van der Waals surface area contributed by atoms with Crippen molar-refractivity contribution in [3.05, 3.63) is 63.2 Å². The average molecular weight is 428 g/mol. The van der Waals surface area contributed by atoms with Crippen LogP contribution in [0.1, 0.15) is 18.4 Å². The maximum absolute atomic E-state index is 12.9. The van der Waals surface area contributed by atoms with Gasteiger partial charge in [0.15, 0.2) is 0 Å². The van der Waals surface area contributed by atoms with E-state index in [0.29, 0.717) is 42.7 Å². The summed E-state index contributed by atoms with van der Waals surface area (Å²) in [7, 11) is 0. The van der Waals surface area contributed by atoms with Gasteiger partial charge >= 0.3 is 6.18 Å². The molecular weight excluding hydrogens is 411 g/mol. The number of anilines is 2. The lowest BCUT2D eigenvalue weighted by atomic mass is 9.95. The zero-order chi connectivity index (χ0) is 21.2. The quantitative estimate of drug-likeness (QED) is 0.542. The van der Waals surface area contributed by atoms with Gasteiger partial charge in [0.25, 0.3) is 5.69 Å². The van der Waals surface area contributed by atoms with Crippen molar-refractivity contribution in [2.75, 3.05) is 23.3 Å². The van der Waals surface area contributed by atoms with E-state index in [2.05, 4.69) is 5.32 Å². The first-order chi connectivity index (χ1) is 13.7. The van der Waals surface area contributed by atoms with Gasteiger partial charge in [-0.3, -0.25) is 14.9 Å². The SMILES string of the molecule is O=C(Nc1ccccc1Cl)C1CCN(c2ccc(C(F)(F)F)cc2[N+](=O)[O-])CC1. The third-order valence-corrected chi connectivity index (χ3v) is 5.17. The zero-order valence-electron chi connectivity index (χ0n) is 15.1. The Morgan fingerprint density at radius 2 is 1.83 bits per heavy atom. The van der Waals surface area contributed by atoms with Gasteiger partial charge in [0.2, 0.25) is 5.91 Å². The molecule has 1 heterocycles. The van der Waals surface area contributed by atoms with Gasteiger partial charge in [-0.15, -0.1) is 0 Å². The number of para-hydroxylation sites is 1. The van der Waals surface area contributed by atoms with Crippen LogP contribution < -0.4 is 10.2 Å². The number of halogens is 4. The molecule has 1 N–H and O–H groups in total. The molecule has 0 spiro atoms. The van der Waals surface area contributed by atoms with E-state index < -0.39 is 22.4 Å². The molecule has 0 saturated carbocycles. The monoisotopic (exact) mass is 427 g/mol. The Morgan fingerprint density at radius 1 is 1.17 bits per heavy atom. The van der Waals surface area contributed by atoms with Gasteiger partial charge in [0, 0.05) is 25.1 Å². The maximum Gasteiger partial charge on any atom is 0.416 e. The molecule has 1 amide bonds. The summed E-state index contributed by atoms with van der Waals surface area (Å²) < 4.78 is 38.6. The van der Waals surface area contributed by atoms with Crippen LogP contribution in [0.25, 0.3) is 0 Å². The number of nitrogens with zero attached hydrogens (tertiary/aromatic N) is 2. The van der Waals surface area contributed by atoms with Gasteiger partial charge < -0.3 is 10.2 Å². The van der Waals surface area contributed by atoms with Crippen molar-refractivity contribution in [2.45, 2.75) is 19.0 Å². The summed E-state index contributed by atoms with van der Waals surface area (Å²) in [6, 6.07) is 9.32. The number of hydrogen-bond donors (Lipinski definition) is 1. The van der Waals surface area contributed by atoms with Crippen LogP contribution in [-0.4, -0.2) is 23.9 Å². The molecule has 0 atom stereocenters. The Morgan fingerprint density at radius 3 is 2.41 bits per heavy atom. The van der Waals surface area contributed by atoms with E-state index in [1.165, 1.54) is 0 Å². The second-order valence-electron chi connectivity index (χ2n) is 6.69. The lowest BCUT2D eigenvalue weighted by Gasteiger charge is -2.32. The van der Waals surface area contributed by atoms with Crippen molar-refractivity contribution in [2.24, 2.45) is 5.92 Å². The topological polar surface area (TPSA) is 75.5 Å². The number of nitrogens with one attached hydrogen (secondary N) is 1. The lowest BCUT2D eigenvalue weighted by Crippen LogP contribution is -2.38. The molecule has 1 aliphatic rings. The molecule has 154 valence electrons. The fourth-order valence-corrected chi connectivity index (χ4v) is 3.48. The predicted octanol–water partition coefficient (Wildman–Crippen LogP) is 5.12. The number of hydrogen-bond acceptors (Lipinski definition) is 4. The van der Waals surface area contributed by atoms with Gasteiger partial charge in [-0.05, 0) is 37.1 Å². The smallest absolute Gasteiger partial charge is 0.366 e. The van der Waals surface area contributed by atoms with Crippen molar-refractivity contribution in [1.82, 2.24) is 0 Å². The van der Waals surface area contributed by atoms with Gasteiger partial charge in [-0.25, -0.2) is 0 Å². The Kier molecular flexibility index (Phi) is 5.97. The summed E-state index contributed by atoms with van der Waals surface area (Å²) in [6.45, 7) is 0.625. The maximum atomic E-state index is 12.9. The van der Waals surface area contributed by atoms with Crippen LogP contribution in [0, 0.1) is 16.0 Å². The normalized spacial score (nSPS) is 15.2. The Labute approximate surface area is 169 Å². The second-order valence-corrected chi connectivity index (χ2v) is 7.10. The van der Waals surface area contributed by atoms with Crippen molar-refractivity contribution in [3.63, 3.8) is 0 Å². The molecule has 10 heteroatoms. The number of benzene rings is 2. The van der Waals surface area contributed by atoms with Crippen molar-refractivity contribution in [3.8, 4) is 0 Å². The van der Waals surface area contributed by atoms with Crippen LogP contribution in [0.5, 0.6) is 0 Å². The second kappa shape index (κ2) is 8.28. The molecule has 29 heavy (non-hydrogen) atoms. The molecule has 0 aliphatic carbocycles. The molecule has 0 unspecified atom stereocenters. The summed E-state index contributed by atoms with van der Waals surface area (Å²) >= 11 is 6.04. The highest BCUT2D eigenvalue weighted by Crippen LogP contribution is 2.37. The number of carbonyl (C=O) groups excluding carboxylic acids is 1. The molecule has 1 aliphatic heterocycles. The first-order valence-corrected chi connectivity index (χ1v) is 9.20. The number of rotatable bonds is 4. The first kappa shape index (κ1) is 20.9. The fraction of sp³-hybridized carbons (Fsp3) is 0.316. The molecule has 1 fully saturated rings. The number of carbonyl (C=O) groups is 1. The van der Waals surface area contributed by atoms with Crippen LogP contribution in [-0.2, 0) is 11.0 Å². The minimum Gasteiger partial charge on any atom is -0.366 e. The minimum atomic E-state index is -4.66. The molecular formula is C19H17ClF3N3O3. The summed E-state index contributed by atoms with van der Waals surface area (Å²) in [6.07, 6.45) is -3.84. The highest BCUT2D eigenvalue weighted by Gasteiger charge is 2.35. The minimum absolute atomic E-state index is 0.118. The van der Waals surface area contributed by atoms with Crippen LogP contribution in [0.4, 0.5) is 30.2 Å². The fourth-order valence-electron chi connectivity index (χ4n) is 3.29. The molecule has 6 nitrogen and oxygen atoms in total. The van der Waals surface area contributed by atoms with Gasteiger partial charge in [0.1, 0.15) is 5.69 Å². The summed E-state index contributed by atoms with van der Waals surface area (Å²) in [4.78, 5) is 24.6. The summed E-state index contributed by atoms with van der Waals surface area (Å²) in [5, 5.41) is 14.5. The van der Waals surface area contributed by atoms with E-state index in [9.17, 15) is 28.1 Å². The third kappa shape index (κ3) is 4.79. The molecule has 0 aromatic heterocycles. The third-order valence-electron chi connectivity index (χ3n) is 4.84. The number of alkyl halides is 3. The molecule has 0 radical (unpaired) electrons. The van der Waals surface area contributed by atoms with Gasteiger partial charge in [-0.1, -0.05) is 23.7 Å². The lowest BCUT2D eigenvalue weighted by molar-refractivity contribution is -0.384. The zero-order valence-corrected chi connectivity index (χ0v) is 15.8. The first-order valence-electron chi connectivity index (χ1n) is 8.83. The van der Waals surface area contributed by atoms with E-state index >= 15 is 0 Å². The van der Waals surface area contributed by atoms with Crippen molar-refractivity contribution in [1.29, 1.82) is 0 Å². The highest BCUT2D eigenvalue weighted by atomic mass is 35.5. The average Bonchev–Trinajstić information content (AvgIpc) is 2.68. The van der Waals surface area contributed by atoms with Crippen molar-refractivity contribution < 1.29 is 22.9 Å². The standard InChI is InChI=1S/C19H17ClF3N3O3/c20-14-3-1-2-4-15(14)24-18(27)12-7-9-25(10-8-12)16-6-5-13(19(21,22)23)11-17(16)26(28)29/h1-6,11-12H,7-10H2,(H,24,27). The summed E-state index contributed by atoms with van der Waals surface area (Å²) in [5.41, 5.74) is -1.05. The number of nitro benzene ring substituents is 1. The number of amides is 1.